The Kier molecular flexibility index (Phi) is 8.03. The molecule has 1 N–H and O–H groups in total. The molecule has 1 amide bonds. The van der Waals surface area contributed by atoms with E-state index in [1.807, 2.05) is 37.3 Å². The number of rotatable bonds is 9. The second-order valence-corrected chi connectivity index (χ2v) is 7.30. The number of hydrogen-bond acceptors (Lipinski definition) is 6. The fourth-order valence-corrected chi connectivity index (χ4v) is 3.02. The highest BCUT2D eigenvalue weighted by Crippen LogP contribution is 2.29. The van der Waals surface area contributed by atoms with E-state index in [1.165, 1.54) is 19.4 Å². The summed E-state index contributed by atoms with van der Waals surface area (Å²) in [6, 6.07) is 18.1. The van der Waals surface area contributed by atoms with Crippen molar-refractivity contribution in [1.29, 1.82) is 5.26 Å². The molecule has 1 aromatic heterocycles. The molecular formula is C26H24N2O5. The van der Waals surface area contributed by atoms with Crippen LogP contribution >= 0.6 is 0 Å². The number of furan rings is 1. The molecular weight excluding hydrogens is 420 g/mol. The summed E-state index contributed by atoms with van der Waals surface area (Å²) in [5, 5.41) is 12.0. The summed E-state index contributed by atoms with van der Waals surface area (Å²) >= 11 is 0. The van der Waals surface area contributed by atoms with Crippen LogP contribution in [0.1, 0.15) is 28.9 Å². The maximum atomic E-state index is 12.3. The van der Waals surface area contributed by atoms with Crippen LogP contribution in [-0.2, 0) is 22.6 Å². The monoisotopic (exact) mass is 444 g/mol. The maximum Gasteiger partial charge on any atom is 0.311 e. The molecule has 0 aliphatic carbocycles. The average Bonchev–Trinajstić information content (AvgIpc) is 3.35. The quantitative estimate of drug-likeness (QED) is 0.228. The number of methoxy groups -OCH3 is 1. The number of hydrogen-bond donors (Lipinski definition) is 1. The number of benzene rings is 2. The molecule has 0 aliphatic heterocycles. The van der Waals surface area contributed by atoms with E-state index < -0.39 is 5.91 Å². The number of nitrogens with one attached hydrogen (secondary N) is 1. The Labute approximate surface area is 192 Å². The molecule has 7 heteroatoms. The van der Waals surface area contributed by atoms with E-state index in [1.54, 1.807) is 30.3 Å². The Balaban J connectivity index is 1.63. The standard InChI is InChI=1S/C26H24N2O5/c1-18-5-7-19(8-6-18)10-12-25(29)33-23-11-9-20(15-24(23)31-2)14-21(16-27)26(30)28-17-22-4-3-13-32-22/h3-9,11,13-15H,10,12,17H2,1-2H3,(H,28,30)/b21-14+. The number of nitrogens with zero attached hydrogens (tertiary/aromatic N) is 1. The second-order valence-electron chi connectivity index (χ2n) is 7.30. The van der Waals surface area contributed by atoms with Gasteiger partial charge in [0, 0.05) is 6.42 Å². The number of carbonyl (C=O) groups excluding carboxylic acids is 2. The SMILES string of the molecule is COc1cc(/C=C(\C#N)C(=O)NCc2ccco2)ccc1OC(=O)CCc1ccc(C)cc1. The second kappa shape index (κ2) is 11.3. The van der Waals surface area contributed by atoms with E-state index in [0.29, 0.717) is 23.5 Å². The van der Waals surface area contributed by atoms with Gasteiger partial charge in [0.2, 0.25) is 0 Å². The van der Waals surface area contributed by atoms with Gasteiger partial charge in [0.05, 0.1) is 19.9 Å². The third kappa shape index (κ3) is 6.84. The first kappa shape index (κ1) is 23.4. The lowest BCUT2D eigenvalue weighted by atomic mass is 10.1. The fourth-order valence-electron chi connectivity index (χ4n) is 3.02. The molecule has 3 aromatic rings. The number of carbonyl (C=O) groups is 2. The Morgan fingerprint density at radius 3 is 2.58 bits per heavy atom. The van der Waals surface area contributed by atoms with Crippen LogP contribution in [0, 0.1) is 18.3 Å². The van der Waals surface area contributed by atoms with E-state index in [0.717, 1.165) is 11.1 Å². The smallest absolute Gasteiger partial charge is 0.311 e. The van der Waals surface area contributed by atoms with Crippen LogP contribution in [0.25, 0.3) is 6.08 Å². The minimum absolute atomic E-state index is 0.0774. The lowest BCUT2D eigenvalue weighted by Crippen LogP contribution is -2.23. The summed E-state index contributed by atoms with van der Waals surface area (Å²) in [6.07, 6.45) is 3.73. The summed E-state index contributed by atoms with van der Waals surface area (Å²) in [6.45, 7) is 2.18. The van der Waals surface area contributed by atoms with Crippen LogP contribution in [0.4, 0.5) is 0 Å². The van der Waals surface area contributed by atoms with E-state index in [-0.39, 0.29) is 30.3 Å². The van der Waals surface area contributed by atoms with Crippen LogP contribution in [0.15, 0.2) is 70.9 Å². The zero-order valence-corrected chi connectivity index (χ0v) is 18.5. The largest absolute Gasteiger partial charge is 0.493 e. The molecule has 7 nitrogen and oxygen atoms in total. The van der Waals surface area contributed by atoms with Gasteiger partial charge in [0.1, 0.15) is 17.4 Å². The highest BCUT2D eigenvalue weighted by atomic mass is 16.6. The summed E-state index contributed by atoms with van der Waals surface area (Å²) in [5.74, 6) is 0.257. The number of esters is 1. The topological polar surface area (TPSA) is 102 Å². The van der Waals surface area contributed by atoms with Gasteiger partial charge < -0.3 is 19.2 Å². The average molecular weight is 444 g/mol. The van der Waals surface area contributed by atoms with Crippen LogP contribution in [-0.4, -0.2) is 19.0 Å². The van der Waals surface area contributed by atoms with Crippen molar-refractivity contribution < 1.29 is 23.5 Å². The number of ether oxygens (including phenoxy) is 2. The van der Waals surface area contributed by atoms with E-state index >= 15 is 0 Å². The predicted molar refractivity (Wildman–Crippen MR) is 122 cm³/mol. The summed E-state index contributed by atoms with van der Waals surface area (Å²) in [5.41, 5.74) is 2.69. The van der Waals surface area contributed by atoms with Gasteiger partial charge in [-0.1, -0.05) is 35.9 Å². The molecule has 0 saturated heterocycles. The van der Waals surface area contributed by atoms with E-state index in [2.05, 4.69) is 5.32 Å². The van der Waals surface area contributed by atoms with Crippen LogP contribution in [0.2, 0.25) is 0 Å². The van der Waals surface area contributed by atoms with Crippen molar-refractivity contribution in [3.8, 4) is 17.6 Å². The Hall–Kier alpha value is -4.31. The van der Waals surface area contributed by atoms with Crippen molar-refractivity contribution >= 4 is 18.0 Å². The predicted octanol–water partition coefficient (Wildman–Crippen LogP) is 4.36. The normalized spacial score (nSPS) is 10.9. The molecule has 1 heterocycles. The molecule has 3 rings (SSSR count). The molecule has 0 bridgehead atoms. The molecule has 0 aliphatic rings. The zero-order chi connectivity index (χ0) is 23.6. The van der Waals surface area contributed by atoms with E-state index in [9.17, 15) is 14.9 Å². The minimum Gasteiger partial charge on any atom is -0.493 e. The van der Waals surface area contributed by atoms with Crippen molar-refractivity contribution in [2.45, 2.75) is 26.3 Å². The molecule has 2 aromatic carbocycles. The number of nitriles is 1. The first-order chi connectivity index (χ1) is 16.0. The van der Waals surface area contributed by atoms with Gasteiger partial charge in [-0.2, -0.15) is 5.26 Å². The lowest BCUT2D eigenvalue weighted by Gasteiger charge is -2.10. The third-order valence-electron chi connectivity index (χ3n) is 4.83. The van der Waals surface area contributed by atoms with E-state index in [4.69, 9.17) is 13.9 Å². The summed E-state index contributed by atoms with van der Waals surface area (Å²) in [7, 11) is 1.45. The van der Waals surface area contributed by atoms with Gasteiger partial charge >= 0.3 is 5.97 Å². The highest BCUT2D eigenvalue weighted by molar-refractivity contribution is 6.01. The molecule has 168 valence electrons. The Morgan fingerprint density at radius 2 is 1.91 bits per heavy atom. The molecule has 0 saturated carbocycles. The first-order valence-electron chi connectivity index (χ1n) is 10.3. The Bertz CT molecular complexity index is 1170. The van der Waals surface area contributed by atoms with Crippen LogP contribution < -0.4 is 14.8 Å². The molecule has 0 radical (unpaired) electrons. The van der Waals surface area contributed by atoms with Crippen molar-refractivity contribution in [1.82, 2.24) is 5.32 Å². The zero-order valence-electron chi connectivity index (χ0n) is 18.5. The van der Waals surface area contributed by atoms with Crippen LogP contribution in [0.3, 0.4) is 0 Å². The fraction of sp³-hybridized carbons (Fsp3) is 0.192. The first-order valence-corrected chi connectivity index (χ1v) is 10.3. The van der Waals surface area contributed by atoms with Gasteiger partial charge in [0.25, 0.3) is 5.91 Å². The molecule has 0 unspecified atom stereocenters. The number of aryl methyl sites for hydroxylation is 2. The molecule has 0 spiro atoms. The summed E-state index contributed by atoms with van der Waals surface area (Å²) < 4.78 is 16.0. The third-order valence-corrected chi connectivity index (χ3v) is 4.83. The van der Waals surface area contributed by atoms with Gasteiger partial charge in [-0.05, 0) is 54.8 Å². The Morgan fingerprint density at radius 1 is 1.12 bits per heavy atom. The van der Waals surface area contributed by atoms with Gasteiger partial charge in [-0.15, -0.1) is 0 Å². The summed E-state index contributed by atoms with van der Waals surface area (Å²) in [4.78, 5) is 24.6. The van der Waals surface area contributed by atoms with Crippen molar-refractivity contribution in [2.75, 3.05) is 7.11 Å². The molecule has 0 fully saturated rings. The number of amides is 1. The molecule has 0 atom stereocenters. The van der Waals surface area contributed by atoms with Gasteiger partial charge in [0.15, 0.2) is 11.5 Å². The van der Waals surface area contributed by atoms with Gasteiger partial charge in [-0.3, -0.25) is 9.59 Å². The van der Waals surface area contributed by atoms with Crippen LogP contribution in [0.5, 0.6) is 11.5 Å². The lowest BCUT2D eigenvalue weighted by molar-refractivity contribution is -0.134. The molecule has 33 heavy (non-hydrogen) atoms. The van der Waals surface area contributed by atoms with Gasteiger partial charge in [-0.25, -0.2) is 0 Å². The van der Waals surface area contributed by atoms with Crippen molar-refractivity contribution in [2.24, 2.45) is 0 Å². The maximum absolute atomic E-state index is 12.3. The van der Waals surface area contributed by atoms with Crippen molar-refractivity contribution in [3.63, 3.8) is 0 Å². The highest BCUT2D eigenvalue weighted by Gasteiger charge is 2.13. The van der Waals surface area contributed by atoms with Crippen molar-refractivity contribution in [3.05, 3.63) is 88.9 Å². The minimum atomic E-state index is -0.528.